The summed E-state index contributed by atoms with van der Waals surface area (Å²) in [6.07, 6.45) is 3.53. The second-order valence-corrected chi connectivity index (χ2v) is 5.82. The van der Waals surface area contributed by atoms with Crippen LogP contribution in [0.1, 0.15) is 37.3 Å². The van der Waals surface area contributed by atoms with Gasteiger partial charge in [-0.1, -0.05) is 12.1 Å². The van der Waals surface area contributed by atoms with Crippen LogP contribution in [0.2, 0.25) is 0 Å². The zero-order valence-corrected chi connectivity index (χ0v) is 14.4. The summed E-state index contributed by atoms with van der Waals surface area (Å²) in [4.78, 5) is 14.5. The number of rotatable bonds is 5. The zero-order chi connectivity index (χ0) is 15.4. The number of amides is 1. The number of nitrogens with zero attached hydrogens (tertiary/aromatic N) is 1. The van der Waals surface area contributed by atoms with Crippen molar-refractivity contribution < 1.29 is 14.3 Å². The predicted molar refractivity (Wildman–Crippen MR) is 91.5 cm³/mol. The number of fused-ring (bicyclic) bond motifs is 1. The Balaban J connectivity index is 0.00000192. The molecular weight excluding hydrogens is 316 g/mol. The number of benzene rings is 1. The van der Waals surface area contributed by atoms with Gasteiger partial charge in [0.15, 0.2) is 11.5 Å². The molecule has 1 amide bonds. The minimum absolute atomic E-state index is 0. The molecular formula is C17H25ClN2O3. The van der Waals surface area contributed by atoms with E-state index in [9.17, 15) is 4.79 Å². The molecule has 23 heavy (non-hydrogen) atoms. The third-order valence-corrected chi connectivity index (χ3v) is 4.35. The Morgan fingerprint density at radius 1 is 1.35 bits per heavy atom. The number of carbonyl (C=O) groups is 1. The quantitative estimate of drug-likeness (QED) is 0.837. The van der Waals surface area contributed by atoms with E-state index in [2.05, 4.69) is 11.4 Å². The predicted octanol–water partition coefficient (Wildman–Crippen LogP) is 2.54. The molecule has 0 bridgehead atoms. The van der Waals surface area contributed by atoms with Gasteiger partial charge in [-0.25, -0.2) is 0 Å². The summed E-state index contributed by atoms with van der Waals surface area (Å²) < 4.78 is 11.5. The van der Waals surface area contributed by atoms with E-state index in [0.29, 0.717) is 19.6 Å². The number of halogens is 1. The van der Waals surface area contributed by atoms with Crippen molar-refractivity contribution in [1.29, 1.82) is 0 Å². The smallest absolute Gasteiger partial charge is 0.223 e. The van der Waals surface area contributed by atoms with Crippen molar-refractivity contribution in [3.05, 3.63) is 23.8 Å². The fourth-order valence-corrected chi connectivity index (χ4v) is 3.31. The van der Waals surface area contributed by atoms with E-state index in [1.807, 2.05) is 24.1 Å². The first-order chi connectivity index (χ1) is 10.8. The van der Waals surface area contributed by atoms with Crippen LogP contribution in [0.3, 0.4) is 0 Å². The maximum atomic E-state index is 12.5. The lowest BCUT2D eigenvalue weighted by Crippen LogP contribution is -2.31. The summed E-state index contributed by atoms with van der Waals surface area (Å²) in [6, 6.07) is 6.12. The van der Waals surface area contributed by atoms with Gasteiger partial charge >= 0.3 is 0 Å². The van der Waals surface area contributed by atoms with E-state index < -0.39 is 0 Å². The summed E-state index contributed by atoms with van der Waals surface area (Å²) in [5, 5.41) is 3.09. The molecule has 5 nitrogen and oxygen atoms in total. The van der Waals surface area contributed by atoms with Gasteiger partial charge in [0, 0.05) is 18.5 Å². The molecule has 0 aromatic heterocycles. The Hall–Kier alpha value is -1.46. The fraction of sp³-hybridized carbons (Fsp3) is 0.588. The summed E-state index contributed by atoms with van der Waals surface area (Å²) in [5.41, 5.74) is 1.09. The summed E-state index contributed by atoms with van der Waals surface area (Å²) in [7, 11) is 1.91. The minimum Gasteiger partial charge on any atom is -0.486 e. The van der Waals surface area contributed by atoms with Gasteiger partial charge in [-0.3, -0.25) is 4.79 Å². The van der Waals surface area contributed by atoms with E-state index in [4.69, 9.17) is 9.47 Å². The third kappa shape index (κ3) is 3.90. The van der Waals surface area contributed by atoms with Crippen LogP contribution in [0, 0.1) is 0 Å². The number of para-hydroxylation sites is 1. The molecule has 0 aliphatic carbocycles. The molecule has 2 aliphatic rings. The van der Waals surface area contributed by atoms with E-state index in [1.54, 1.807) is 0 Å². The van der Waals surface area contributed by atoms with Gasteiger partial charge in [0.2, 0.25) is 5.91 Å². The molecule has 1 unspecified atom stereocenters. The van der Waals surface area contributed by atoms with Gasteiger partial charge in [-0.05, 0) is 38.9 Å². The number of likely N-dealkylation sites (tertiary alicyclic amines) is 1. The van der Waals surface area contributed by atoms with Gasteiger partial charge in [0.1, 0.15) is 13.2 Å². The highest BCUT2D eigenvalue weighted by Crippen LogP contribution is 2.42. The van der Waals surface area contributed by atoms with Crippen molar-refractivity contribution in [1.82, 2.24) is 10.2 Å². The van der Waals surface area contributed by atoms with Crippen LogP contribution in [0.25, 0.3) is 0 Å². The number of hydrogen-bond donors (Lipinski definition) is 1. The summed E-state index contributed by atoms with van der Waals surface area (Å²) >= 11 is 0. The van der Waals surface area contributed by atoms with E-state index in [1.165, 1.54) is 0 Å². The molecule has 1 aromatic rings. The molecule has 6 heteroatoms. The standard InChI is InChI=1S/C17H24N2O3.ClH/c1-18-9-3-8-16(20)19-10-4-6-14(19)13-5-2-7-15-17(13)22-12-11-21-15;/h2,5,7,14,18H,3-4,6,8-12H2,1H3;1H. The zero-order valence-electron chi connectivity index (χ0n) is 13.5. The topological polar surface area (TPSA) is 50.8 Å². The monoisotopic (exact) mass is 340 g/mol. The summed E-state index contributed by atoms with van der Waals surface area (Å²) in [5.74, 6) is 1.87. The Morgan fingerprint density at radius 3 is 3.00 bits per heavy atom. The van der Waals surface area contributed by atoms with E-state index >= 15 is 0 Å². The molecule has 0 spiro atoms. The maximum absolute atomic E-state index is 12.5. The molecule has 3 rings (SSSR count). The van der Waals surface area contributed by atoms with Crippen molar-refractivity contribution in [3.8, 4) is 11.5 Å². The fourth-order valence-electron chi connectivity index (χ4n) is 3.31. The van der Waals surface area contributed by atoms with Gasteiger partial charge in [0.05, 0.1) is 6.04 Å². The molecule has 1 N–H and O–H groups in total. The second kappa shape index (κ2) is 8.41. The van der Waals surface area contributed by atoms with Gasteiger partial charge in [0.25, 0.3) is 0 Å². The number of carbonyl (C=O) groups excluding carboxylic acids is 1. The van der Waals surface area contributed by atoms with Crippen LogP contribution in [-0.2, 0) is 4.79 Å². The van der Waals surface area contributed by atoms with Crippen LogP contribution in [0.4, 0.5) is 0 Å². The van der Waals surface area contributed by atoms with Gasteiger partial charge in [-0.15, -0.1) is 12.4 Å². The molecule has 1 atom stereocenters. The summed E-state index contributed by atoms with van der Waals surface area (Å²) in [6.45, 7) is 2.89. The SMILES string of the molecule is CNCCCC(=O)N1CCCC1c1cccc2c1OCCO2.Cl. The largest absolute Gasteiger partial charge is 0.486 e. The highest BCUT2D eigenvalue weighted by molar-refractivity contribution is 5.85. The van der Waals surface area contributed by atoms with Crippen LogP contribution in [0.5, 0.6) is 11.5 Å². The van der Waals surface area contributed by atoms with Crippen molar-refractivity contribution in [2.75, 3.05) is 33.4 Å². The first kappa shape index (κ1) is 17.9. The van der Waals surface area contributed by atoms with Crippen LogP contribution >= 0.6 is 12.4 Å². The molecule has 1 fully saturated rings. The third-order valence-electron chi connectivity index (χ3n) is 4.35. The first-order valence-electron chi connectivity index (χ1n) is 8.14. The van der Waals surface area contributed by atoms with Crippen LogP contribution in [0.15, 0.2) is 18.2 Å². The molecule has 1 aromatic carbocycles. The Bertz CT molecular complexity index is 539. The first-order valence-corrected chi connectivity index (χ1v) is 8.14. The Morgan fingerprint density at radius 2 is 2.17 bits per heavy atom. The van der Waals surface area contributed by atoms with Crippen molar-refractivity contribution in [2.24, 2.45) is 0 Å². The lowest BCUT2D eigenvalue weighted by atomic mass is 10.0. The molecule has 1 saturated heterocycles. The van der Waals surface area contributed by atoms with Crippen LogP contribution < -0.4 is 14.8 Å². The molecule has 128 valence electrons. The number of nitrogens with one attached hydrogen (secondary N) is 1. The van der Waals surface area contributed by atoms with E-state index in [-0.39, 0.29) is 24.4 Å². The Labute approximate surface area is 143 Å². The van der Waals surface area contributed by atoms with Crippen molar-refractivity contribution in [3.63, 3.8) is 0 Å². The average molecular weight is 341 g/mol. The highest BCUT2D eigenvalue weighted by atomic mass is 35.5. The minimum atomic E-state index is 0. The van der Waals surface area contributed by atoms with Gasteiger partial charge < -0.3 is 19.7 Å². The lowest BCUT2D eigenvalue weighted by Gasteiger charge is -2.29. The van der Waals surface area contributed by atoms with Crippen molar-refractivity contribution in [2.45, 2.75) is 31.7 Å². The van der Waals surface area contributed by atoms with Gasteiger partial charge in [-0.2, -0.15) is 0 Å². The van der Waals surface area contributed by atoms with Crippen LogP contribution in [-0.4, -0.2) is 44.2 Å². The molecule has 2 heterocycles. The number of hydrogen-bond acceptors (Lipinski definition) is 4. The van der Waals surface area contributed by atoms with E-state index in [0.717, 1.165) is 49.4 Å². The maximum Gasteiger partial charge on any atom is 0.223 e. The normalized spacial score (nSPS) is 19.3. The lowest BCUT2D eigenvalue weighted by molar-refractivity contribution is -0.132. The molecule has 2 aliphatic heterocycles. The number of ether oxygens (including phenoxy) is 2. The highest BCUT2D eigenvalue weighted by Gasteiger charge is 2.33. The van der Waals surface area contributed by atoms with Crippen molar-refractivity contribution >= 4 is 18.3 Å². The second-order valence-electron chi connectivity index (χ2n) is 5.82. The molecule has 0 radical (unpaired) electrons. The molecule has 0 saturated carbocycles. The average Bonchev–Trinajstić information content (AvgIpc) is 3.04. The Kier molecular flexibility index (Phi) is 6.54.